The van der Waals surface area contributed by atoms with Crippen LogP contribution in [0.25, 0.3) is 0 Å². The van der Waals surface area contributed by atoms with Gasteiger partial charge in [-0.1, -0.05) is 37.3 Å². The molecule has 0 spiro atoms. The lowest BCUT2D eigenvalue weighted by atomic mass is 10.1. The Morgan fingerprint density at radius 2 is 1.68 bits per heavy atom. The number of rotatable bonds is 5. The summed E-state index contributed by atoms with van der Waals surface area (Å²) in [6.45, 7) is 6.58. The number of amides is 2. The third kappa shape index (κ3) is 4.26. The maximum atomic E-state index is 13.5. The Kier molecular flexibility index (Phi) is 6.27. The normalized spacial score (nSPS) is 15.9. The number of fused-ring (bicyclic) bond motifs is 2. The van der Waals surface area contributed by atoms with Crippen LogP contribution < -0.4 is 15.1 Å². The molecule has 0 bridgehead atoms. The van der Waals surface area contributed by atoms with Crippen LogP contribution in [0, 0.1) is 0 Å². The summed E-state index contributed by atoms with van der Waals surface area (Å²) >= 11 is 0. The van der Waals surface area contributed by atoms with Crippen LogP contribution >= 0.6 is 0 Å². The molecule has 2 amide bonds. The zero-order valence-electron chi connectivity index (χ0n) is 19.4. The van der Waals surface area contributed by atoms with Crippen molar-refractivity contribution in [1.82, 2.24) is 9.88 Å². The van der Waals surface area contributed by atoms with E-state index in [9.17, 15) is 9.59 Å². The van der Waals surface area contributed by atoms with Gasteiger partial charge in [0.25, 0.3) is 5.91 Å². The number of aryl methyl sites for hydroxylation is 1. The fraction of sp³-hybridized carbons (Fsp3) is 0.296. The number of hydrogen-bond donors (Lipinski definition) is 1. The molecule has 0 radical (unpaired) electrons. The highest BCUT2D eigenvalue weighted by Gasteiger charge is 2.30. The number of aromatic nitrogens is 1. The topological polar surface area (TPSA) is 68.8 Å². The second kappa shape index (κ2) is 9.65. The average Bonchev–Trinajstić information content (AvgIpc) is 3.01. The lowest BCUT2D eigenvalue weighted by Gasteiger charge is -2.37. The zero-order valence-corrected chi connectivity index (χ0v) is 19.4. The van der Waals surface area contributed by atoms with Crippen LogP contribution in [0.15, 0.2) is 66.9 Å². The highest BCUT2D eigenvalue weighted by Crippen LogP contribution is 2.36. The molecule has 0 saturated carbocycles. The van der Waals surface area contributed by atoms with Gasteiger partial charge in [-0.25, -0.2) is 4.98 Å². The van der Waals surface area contributed by atoms with Crippen LogP contribution in [-0.4, -0.2) is 54.4 Å². The average molecular weight is 456 g/mol. The first kappa shape index (κ1) is 22.1. The standard InChI is InChI=1S/C27H29N5O2/c1-2-20-8-3-5-11-23(20)31-18-16-30(17-19-31)15-13-25(33)32-24-12-6-4-9-21(24)27(34)29-22-10-7-14-28-26(22)32/h3-12,14H,2,13,15-19H2,1H3,(H,29,34). The van der Waals surface area contributed by atoms with Crippen molar-refractivity contribution in [2.24, 2.45) is 0 Å². The van der Waals surface area contributed by atoms with Gasteiger partial charge in [-0.2, -0.15) is 0 Å². The molecule has 5 rings (SSSR count). The number of carbonyl (C=O) groups excluding carboxylic acids is 2. The molecule has 0 unspecified atom stereocenters. The molecule has 3 aromatic rings. The Hall–Kier alpha value is -3.71. The summed E-state index contributed by atoms with van der Waals surface area (Å²) < 4.78 is 0. The van der Waals surface area contributed by atoms with Crippen molar-refractivity contribution in [2.45, 2.75) is 19.8 Å². The first-order valence-corrected chi connectivity index (χ1v) is 11.9. The minimum Gasteiger partial charge on any atom is -0.369 e. The van der Waals surface area contributed by atoms with E-state index in [1.807, 2.05) is 6.07 Å². The summed E-state index contributed by atoms with van der Waals surface area (Å²) in [5.41, 5.74) is 4.28. The smallest absolute Gasteiger partial charge is 0.257 e. The molecule has 1 aromatic heterocycles. The number of hydrogen-bond acceptors (Lipinski definition) is 5. The molecule has 2 aliphatic heterocycles. The molecule has 7 heteroatoms. The van der Waals surface area contributed by atoms with Crippen molar-refractivity contribution in [1.29, 1.82) is 0 Å². The van der Waals surface area contributed by atoms with Gasteiger partial charge in [-0.3, -0.25) is 19.4 Å². The molecule has 0 aliphatic carbocycles. The SMILES string of the molecule is CCc1ccccc1N1CCN(CCC(=O)N2c3ccccc3C(=O)Nc3cccnc32)CC1. The number of nitrogens with zero attached hydrogens (tertiary/aromatic N) is 4. The summed E-state index contributed by atoms with van der Waals surface area (Å²) in [7, 11) is 0. The van der Waals surface area contributed by atoms with Gasteiger partial charge in [0.2, 0.25) is 5.91 Å². The van der Waals surface area contributed by atoms with E-state index in [1.165, 1.54) is 11.3 Å². The third-order valence-electron chi connectivity index (χ3n) is 6.61. The largest absolute Gasteiger partial charge is 0.369 e. The predicted molar refractivity (Wildman–Crippen MR) is 135 cm³/mol. The van der Waals surface area contributed by atoms with Crippen LogP contribution in [0.1, 0.15) is 29.3 Å². The lowest BCUT2D eigenvalue weighted by molar-refractivity contribution is -0.118. The van der Waals surface area contributed by atoms with Gasteiger partial charge in [-0.05, 0) is 42.3 Å². The van der Waals surface area contributed by atoms with Crippen molar-refractivity contribution >= 4 is 34.7 Å². The molecule has 2 aliphatic rings. The fourth-order valence-electron chi connectivity index (χ4n) is 4.79. The summed E-state index contributed by atoms with van der Waals surface area (Å²) in [6, 6.07) is 19.3. The molecule has 0 atom stereocenters. The number of piperazine rings is 1. The van der Waals surface area contributed by atoms with E-state index in [0.717, 1.165) is 32.6 Å². The number of carbonyl (C=O) groups is 2. The van der Waals surface area contributed by atoms with Crippen LogP contribution in [-0.2, 0) is 11.2 Å². The Labute approximate surface area is 200 Å². The minimum atomic E-state index is -0.233. The molecule has 1 saturated heterocycles. The van der Waals surface area contributed by atoms with Crippen LogP contribution in [0.3, 0.4) is 0 Å². The van der Waals surface area contributed by atoms with E-state index in [0.29, 0.717) is 35.7 Å². The van der Waals surface area contributed by atoms with Gasteiger partial charge in [-0.15, -0.1) is 0 Å². The molecule has 3 heterocycles. The Morgan fingerprint density at radius 1 is 0.941 bits per heavy atom. The second-order valence-corrected chi connectivity index (χ2v) is 8.64. The van der Waals surface area contributed by atoms with Crippen LogP contribution in [0.2, 0.25) is 0 Å². The van der Waals surface area contributed by atoms with E-state index >= 15 is 0 Å². The third-order valence-corrected chi connectivity index (χ3v) is 6.61. The molecular formula is C27H29N5O2. The van der Waals surface area contributed by atoms with Gasteiger partial charge < -0.3 is 10.2 Å². The van der Waals surface area contributed by atoms with Crippen molar-refractivity contribution < 1.29 is 9.59 Å². The van der Waals surface area contributed by atoms with E-state index < -0.39 is 0 Å². The second-order valence-electron chi connectivity index (χ2n) is 8.64. The molecule has 1 fully saturated rings. The van der Waals surface area contributed by atoms with Gasteiger partial charge in [0.15, 0.2) is 5.82 Å². The number of para-hydroxylation sites is 2. The van der Waals surface area contributed by atoms with E-state index in [1.54, 1.807) is 41.4 Å². The van der Waals surface area contributed by atoms with Gasteiger partial charge in [0, 0.05) is 51.0 Å². The minimum absolute atomic E-state index is 0.0670. The maximum Gasteiger partial charge on any atom is 0.257 e. The molecule has 7 nitrogen and oxygen atoms in total. The van der Waals surface area contributed by atoms with Crippen LogP contribution in [0.5, 0.6) is 0 Å². The summed E-state index contributed by atoms with van der Waals surface area (Å²) in [5, 5.41) is 2.89. The maximum absolute atomic E-state index is 13.5. The molecular weight excluding hydrogens is 426 g/mol. The molecule has 2 aromatic carbocycles. The fourth-order valence-corrected chi connectivity index (χ4v) is 4.79. The zero-order chi connectivity index (χ0) is 23.5. The van der Waals surface area contributed by atoms with Gasteiger partial charge >= 0.3 is 0 Å². The van der Waals surface area contributed by atoms with Gasteiger partial charge in [0.1, 0.15) is 0 Å². The number of pyridine rings is 1. The summed E-state index contributed by atoms with van der Waals surface area (Å²) in [5.74, 6) is 0.165. The molecule has 34 heavy (non-hydrogen) atoms. The lowest BCUT2D eigenvalue weighted by Crippen LogP contribution is -2.47. The van der Waals surface area contributed by atoms with Crippen LogP contribution in [0.4, 0.5) is 22.9 Å². The van der Waals surface area contributed by atoms with Gasteiger partial charge in [0.05, 0.1) is 16.9 Å². The number of anilines is 4. The Bertz CT molecular complexity index is 1200. The quantitative estimate of drug-likeness (QED) is 0.628. The highest BCUT2D eigenvalue weighted by atomic mass is 16.2. The van der Waals surface area contributed by atoms with E-state index in [4.69, 9.17) is 0 Å². The monoisotopic (exact) mass is 455 g/mol. The molecule has 1 N–H and O–H groups in total. The number of nitrogens with one attached hydrogen (secondary N) is 1. The first-order valence-electron chi connectivity index (χ1n) is 11.9. The van der Waals surface area contributed by atoms with Crippen molar-refractivity contribution in [2.75, 3.05) is 47.8 Å². The summed E-state index contributed by atoms with van der Waals surface area (Å²) in [6.07, 6.45) is 3.02. The number of benzene rings is 2. The molecule has 174 valence electrons. The highest BCUT2D eigenvalue weighted by molar-refractivity contribution is 6.17. The summed E-state index contributed by atoms with van der Waals surface area (Å²) in [4.78, 5) is 37.1. The first-order chi connectivity index (χ1) is 16.7. The van der Waals surface area contributed by atoms with Crippen molar-refractivity contribution in [3.8, 4) is 0 Å². The Morgan fingerprint density at radius 3 is 2.47 bits per heavy atom. The van der Waals surface area contributed by atoms with Crippen molar-refractivity contribution in [3.05, 3.63) is 78.0 Å². The van der Waals surface area contributed by atoms with E-state index in [-0.39, 0.29) is 11.8 Å². The Balaban J connectivity index is 1.28. The predicted octanol–water partition coefficient (Wildman–Crippen LogP) is 4.09. The van der Waals surface area contributed by atoms with E-state index in [2.05, 4.69) is 51.3 Å². The van der Waals surface area contributed by atoms with Crippen molar-refractivity contribution in [3.63, 3.8) is 0 Å².